The van der Waals surface area contributed by atoms with E-state index in [0.29, 0.717) is 36.3 Å². The van der Waals surface area contributed by atoms with Gasteiger partial charge in [-0.1, -0.05) is 38.0 Å². The van der Waals surface area contributed by atoms with Crippen molar-refractivity contribution < 1.29 is 23.5 Å². The quantitative estimate of drug-likeness (QED) is 0.352. The molecule has 2 aromatic carbocycles. The number of hydrogen-bond acceptors (Lipinski definition) is 6. The molecule has 1 aliphatic rings. The second-order valence-corrected chi connectivity index (χ2v) is 8.29. The number of rotatable bonds is 10. The van der Waals surface area contributed by atoms with Crippen LogP contribution in [0.2, 0.25) is 0 Å². The van der Waals surface area contributed by atoms with Crippen molar-refractivity contribution in [2.24, 2.45) is 5.92 Å². The summed E-state index contributed by atoms with van der Waals surface area (Å²) in [5, 5.41) is 3.83. The highest BCUT2D eigenvalue weighted by molar-refractivity contribution is 6.16. The molecule has 1 N–H and O–H groups in total. The number of carbonyl (C=O) groups excluding carboxylic acids is 3. The molecule has 1 amide bonds. The Morgan fingerprint density at radius 3 is 2.58 bits per heavy atom. The third-order valence-corrected chi connectivity index (χ3v) is 5.92. The normalized spacial score (nSPS) is 16.7. The molecule has 2 unspecified atom stereocenters. The minimum atomic E-state index is -0.812. The van der Waals surface area contributed by atoms with Crippen molar-refractivity contribution in [3.63, 3.8) is 0 Å². The van der Waals surface area contributed by atoms with Crippen LogP contribution in [-0.4, -0.2) is 43.9 Å². The summed E-state index contributed by atoms with van der Waals surface area (Å²) in [4.78, 5) is 40.3. The first kappa shape index (κ1) is 22.7. The molecular weight excluding hydrogens is 420 g/mol. The van der Waals surface area contributed by atoms with Gasteiger partial charge in [-0.25, -0.2) is 4.79 Å². The molecule has 1 saturated heterocycles. The fourth-order valence-electron chi connectivity index (χ4n) is 4.14. The first-order valence-electron chi connectivity index (χ1n) is 11.3. The molecule has 0 spiro atoms. The maximum Gasteiger partial charge on any atom is 0.414 e. The van der Waals surface area contributed by atoms with Crippen LogP contribution in [0.3, 0.4) is 0 Å². The predicted octanol–water partition coefficient (Wildman–Crippen LogP) is 4.85. The van der Waals surface area contributed by atoms with Gasteiger partial charge in [0.25, 0.3) is 0 Å². The second kappa shape index (κ2) is 10.0. The van der Waals surface area contributed by atoms with E-state index in [1.807, 2.05) is 25.1 Å². The number of anilines is 1. The van der Waals surface area contributed by atoms with Crippen molar-refractivity contribution in [3.05, 3.63) is 65.9 Å². The van der Waals surface area contributed by atoms with E-state index < -0.39 is 12.0 Å². The topological polar surface area (TPSA) is 88.9 Å². The zero-order valence-corrected chi connectivity index (χ0v) is 18.9. The number of carbonyl (C=O) groups is 3. The largest absolute Gasteiger partial charge is 0.453 e. The van der Waals surface area contributed by atoms with Crippen LogP contribution in [-0.2, 0) is 4.74 Å². The van der Waals surface area contributed by atoms with Gasteiger partial charge in [0.2, 0.25) is 5.78 Å². The van der Waals surface area contributed by atoms with Gasteiger partial charge in [-0.3, -0.25) is 14.5 Å². The molecule has 7 nitrogen and oxygen atoms in total. The lowest BCUT2D eigenvalue weighted by Gasteiger charge is -2.16. The number of ether oxygens (including phenoxy) is 1. The summed E-state index contributed by atoms with van der Waals surface area (Å²) < 4.78 is 11.1. The molecule has 1 aliphatic heterocycles. The average molecular weight is 449 g/mol. The first-order valence-corrected chi connectivity index (χ1v) is 11.3. The van der Waals surface area contributed by atoms with Crippen LogP contribution in [0.1, 0.15) is 47.1 Å². The van der Waals surface area contributed by atoms with Gasteiger partial charge >= 0.3 is 6.09 Å². The molecule has 4 rings (SSSR count). The van der Waals surface area contributed by atoms with E-state index in [2.05, 4.69) is 5.32 Å². The number of unbranched alkanes of at least 4 members (excludes halogenated alkanes) is 1. The number of para-hydroxylation sites is 1. The van der Waals surface area contributed by atoms with E-state index in [1.165, 1.54) is 0 Å². The molecule has 33 heavy (non-hydrogen) atoms. The van der Waals surface area contributed by atoms with Crippen molar-refractivity contribution >= 4 is 34.3 Å². The van der Waals surface area contributed by atoms with Gasteiger partial charge < -0.3 is 14.5 Å². The summed E-state index contributed by atoms with van der Waals surface area (Å²) in [5.74, 6) is -1.14. The highest BCUT2D eigenvalue weighted by Gasteiger charge is 2.33. The highest BCUT2D eigenvalue weighted by Crippen LogP contribution is 2.27. The standard InChI is InChI=1S/C26H28N2O5/c1-3-4-8-21(25(30)23-14-18-7-5-6-9-22(18)33-23)24(29)17-10-12-19(13-11-17)28-16-20(15-27-2)32-26(28)31/h5-7,9-14,20-21,27H,3-4,8,15-16H2,1-2H3. The van der Waals surface area contributed by atoms with Gasteiger partial charge in [0.15, 0.2) is 11.5 Å². The Morgan fingerprint density at radius 1 is 1.12 bits per heavy atom. The average Bonchev–Trinajstić information content (AvgIpc) is 3.42. The highest BCUT2D eigenvalue weighted by atomic mass is 16.6. The molecule has 2 heterocycles. The van der Waals surface area contributed by atoms with Crippen LogP contribution in [0.25, 0.3) is 11.0 Å². The van der Waals surface area contributed by atoms with Gasteiger partial charge in [0, 0.05) is 23.2 Å². The Kier molecular flexibility index (Phi) is 6.89. The summed E-state index contributed by atoms with van der Waals surface area (Å²) in [6, 6.07) is 15.9. The zero-order valence-electron chi connectivity index (χ0n) is 18.9. The van der Waals surface area contributed by atoms with Crippen LogP contribution >= 0.6 is 0 Å². The number of nitrogens with one attached hydrogen (secondary N) is 1. The zero-order chi connectivity index (χ0) is 23.4. The monoisotopic (exact) mass is 448 g/mol. The molecule has 7 heteroatoms. The second-order valence-electron chi connectivity index (χ2n) is 8.29. The number of nitrogens with zero attached hydrogens (tertiary/aromatic N) is 1. The lowest BCUT2D eigenvalue weighted by Crippen LogP contribution is -2.29. The number of hydrogen-bond donors (Lipinski definition) is 1. The van der Waals surface area contributed by atoms with Crippen LogP contribution in [0.15, 0.2) is 59.0 Å². The number of benzene rings is 2. The smallest absolute Gasteiger partial charge is 0.414 e. The van der Waals surface area contributed by atoms with Crippen molar-refractivity contribution in [2.75, 3.05) is 25.0 Å². The molecule has 3 aromatic rings. The number of amides is 1. The van der Waals surface area contributed by atoms with Crippen LogP contribution < -0.4 is 10.2 Å². The van der Waals surface area contributed by atoms with Crippen LogP contribution in [0.5, 0.6) is 0 Å². The molecule has 0 aliphatic carbocycles. The van der Waals surface area contributed by atoms with Gasteiger partial charge in [-0.2, -0.15) is 0 Å². The van der Waals surface area contributed by atoms with E-state index in [1.54, 1.807) is 48.3 Å². The fourth-order valence-corrected chi connectivity index (χ4v) is 4.14. The molecule has 1 fully saturated rings. The Bertz CT molecular complexity index is 1120. The van der Waals surface area contributed by atoms with Gasteiger partial charge in [0.1, 0.15) is 11.7 Å². The fraction of sp³-hybridized carbons (Fsp3) is 0.346. The number of fused-ring (bicyclic) bond motifs is 1. The SMILES string of the molecule is CCCCC(C(=O)c1ccc(N2CC(CNC)OC2=O)cc1)C(=O)c1cc2ccccc2o1. The summed E-state index contributed by atoms with van der Waals surface area (Å²) in [7, 11) is 1.80. The number of cyclic esters (lactones) is 1. The number of likely N-dealkylation sites (N-methyl/N-ethyl adjacent to an activating group) is 1. The third-order valence-electron chi connectivity index (χ3n) is 5.92. The lowest BCUT2D eigenvalue weighted by molar-refractivity contribution is 0.0781. The molecule has 0 bridgehead atoms. The van der Waals surface area contributed by atoms with E-state index in [4.69, 9.17) is 9.15 Å². The summed E-state index contributed by atoms with van der Waals surface area (Å²) in [5.41, 5.74) is 1.72. The number of ketones is 2. The van der Waals surface area contributed by atoms with E-state index in [0.717, 1.165) is 18.2 Å². The van der Waals surface area contributed by atoms with Crippen molar-refractivity contribution in [1.29, 1.82) is 0 Å². The Labute approximate surface area is 192 Å². The van der Waals surface area contributed by atoms with E-state index >= 15 is 0 Å². The molecule has 0 radical (unpaired) electrons. The minimum absolute atomic E-state index is 0.206. The summed E-state index contributed by atoms with van der Waals surface area (Å²) >= 11 is 0. The Balaban J connectivity index is 1.54. The molecular formula is C26H28N2O5. The van der Waals surface area contributed by atoms with Crippen LogP contribution in [0.4, 0.5) is 10.5 Å². The molecule has 1 aromatic heterocycles. The van der Waals surface area contributed by atoms with Crippen molar-refractivity contribution in [2.45, 2.75) is 32.3 Å². The molecule has 172 valence electrons. The van der Waals surface area contributed by atoms with Gasteiger partial charge in [0.05, 0.1) is 12.5 Å². The maximum atomic E-state index is 13.3. The van der Waals surface area contributed by atoms with Gasteiger partial charge in [-0.15, -0.1) is 0 Å². The lowest BCUT2D eigenvalue weighted by atomic mass is 9.88. The Hall–Kier alpha value is -3.45. The molecule has 0 saturated carbocycles. The third kappa shape index (κ3) is 4.83. The summed E-state index contributed by atoms with van der Waals surface area (Å²) in [6.07, 6.45) is 1.46. The van der Waals surface area contributed by atoms with E-state index in [9.17, 15) is 14.4 Å². The summed E-state index contributed by atoms with van der Waals surface area (Å²) in [6.45, 7) is 3.04. The maximum absolute atomic E-state index is 13.3. The van der Waals surface area contributed by atoms with Gasteiger partial charge in [-0.05, 0) is 49.9 Å². The first-order chi connectivity index (χ1) is 16.0. The number of Topliss-reactive ketones (excluding diaryl/α,β-unsaturated/α-hetero) is 2. The Morgan fingerprint density at radius 2 is 1.88 bits per heavy atom. The predicted molar refractivity (Wildman–Crippen MR) is 126 cm³/mol. The number of furan rings is 1. The van der Waals surface area contributed by atoms with Crippen LogP contribution in [0, 0.1) is 5.92 Å². The van der Waals surface area contributed by atoms with Crippen molar-refractivity contribution in [3.8, 4) is 0 Å². The van der Waals surface area contributed by atoms with Crippen molar-refractivity contribution in [1.82, 2.24) is 5.32 Å². The molecule has 2 atom stereocenters. The van der Waals surface area contributed by atoms with E-state index in [-0.39, 0.29) is 23.4 Å². The minimum Gasteiger partial charge on any atom is -0.453 e.